The molecule has 13 heavy (non-hydrogen) atoms. The van der Waals surface area contributed by atoms with E-state index in [0.29, 0.717) is 30.3 Å². The highest BCUT2D eigenvalue weighted by Crippen LogP contribution is 2.59. The van der Waals surface area contributed by atoms with Gasteiger partial charge in [0.1, 0.15) is 0 Å². The molecule has 0 aromatic rings. The molecule has 1 rings (SSSR count). The van der Waals surface area contributed by atoms with Crippen molar-refractivity contribution in [1.29, 1.82) is 0 Å². The Kier molecular flexibility index (Phi) is 2.79. The van der Waals surface area contributed by atoms with Crippen LogP contribution in [0.5, 0.6) is 0 Å². The molecule has 0 bridgehead atoms. The van der Waals surface area contributed by atoms with Gasteiger partial charge in [0.15, 0.2) is 0 Å². The molecule has 74 valence electrons. The van der Waals surface area contributed by atoms with Crippen molar-refractivity contribution in [3.8, 4) is 0 Å². The minimum atomic E-state index is 0.306. The van der Waals surface area contributed by atoms with Gasteiger partial charge in [0, 0.05) is 5.92 Å². The molecule has 0 saturated heterocycles. The maximum atomic E-state index is 10.0. The van der Waals surface area contributed by atoms with E-state index in [0.717, 1.165) is 0 Å². The molecular formula is C11H18O2. The standard InChI is InChI=1S/C11H18O2/c1-8(2)5-9-10(6-13-7-12)11(9,3)4/h5,7,9-10H,6H2,1-4H3/t9-,10+/m0/s1. The first-order chi connectivity index (χ1) is 6.00. The Morgan fingerprint density at radius 2 is 2.08 bits per heavy atom. The third-order valence-electron chi connectivity index (χ3n) is 3.00. The zero-order valence-corrected chi connectivity index (χ0v) is 8.83. The number of hydrogen-bond donors (Lipinski definition) is 0. The average Bonchev–Trinajstić information content (AvgIpc) is 2.49. The Hall–Kier alpha value is -0.790. The Bertz CT molecular complexity index is 224. The zero-order valence-electron chi connectivity index (χ0n) is 8.83. The van der Waals surface area contributed by atoms with Crippen LogP contribution in [0.15, 0.2) is 11.6 Å². The summed E-state index contributed by atoms with van der Waals surface area (Å²) in [5.41, 5.74) is 1.65. The molecule has 0 aromatic heterocycles. The highest BCUT2D eigenvalue weighted by molar-refractivity contribution is 5.37. The lowest BCUT2D eigenvalue weighted by Gasteiger charge is -1.99. The van der Waals surface area contributed by atoms with E-state index in [1.54, 1.807) is 0 Å². The minimum absolute atomic E-state index is 0.306. The lowest BCUT2D eigenvalue weighted by molar-refractivity contribution is -0.129. The summed E-state index contributed by atoms with van der Waals surface area (Å²) in [6.45, 7) is 9.74. The van der Waals surface area contributed by atoms with E-state index in [-0.39, 0.29) is 0 Å². The second-order valence-corrected chi connectivity index (χ2v) is 4.63. The molecule has 1 fully saturated rings. The number of carbonyl (C=O) groups excluding carboxylic acids is 1. The topological polar surface area (TPSA) is 26.3 Å². The predicted molar refractivity (Wildman–Crippen MR) is 52.2 cm³/mol. The first-order valence-electron chi connectivity index (χ1n) is 4.70. The Morgan fingerprint density at radius 3 is 2.54 bits per heavy atom. The maximum absolute atomic E-state index is 10.0. The van der Waals surface area contributed by atoms with E-state index in [1.165, 1.54) is 5.57 Å². The molecule has 0 unspecified atom stereocenters. The molecule has 2 atom stereocenters. The van der Waals surface area contributed by atoms with Crippen LogP contribution in [0.25, 0.3) is 0 Å². The summed E-state index contributed by atoms with van der Waals surface area (Å²) >= 11 is 0. The van der Waals surface area contributed by atoms with Crippen molar-refractivity contribution in [2.45, 2.75) is 27.7 Å². The molecule has 1 saturated carbocycles. The van der Waals surface area contributed by atoms with E-state index in [4.69, 9.17) is 4.74 Å². The number of rotatable bonds is 4. The van der Waals surface area contributed by atoms with E-state index in [2.05, 4.69) is 33.8 Å². The van der Waals surface area contributed by atoms with Gasteiger partial charge in [-0.25, -0.2) is 0 Å². The van der Waals surface area contributed by atoms with E-state index >= 15 is 0 Å². The number of hydrogen-bond acceptors (Lipinski definition) is 2. The lowest BCUT2D eigenvalue weighted by Crippen LogP contribution is -1.99. The van der Waals surface area contributed by atoms with E-state index in [1.807, 2.05) is 0 Å². The fourth-order valence-corrected chi connectivity index (χ4v) is 1.94. The fraction of sp³-hybridized carbons (Fsp3) is 0.727. The summed E-state index contributed by atoms with van der Waals surface area (Å²) < 4.78 is 4.80. The predicted octanol–water partition coefficient (Wildman–Crippen LogP) is 2.40. The molecule has 2 heteroatoms. The first kappa shape index (κ1) is 10.3. The van der Waals surface area contributed by atoms with Crippen molar-refractivity contribution in [1.82, 2.24) is 0 Å². The second kappa shape index (κ2) is 3.52. The van der Waals surface area contributed by atoms with Gasteiger partial charge in [0.2, 0.25) is 0 Å². The average molecular weight is 182 g/mol. The van der Waals surface area contributed by atoms with Crippen LogP contribution < -0.4 is 0 Å². The summed E-state index contributed by atoms with van der Waals surface area (Å²) in [7, 11) is 0. The van der Waals surface area contributed by atoms with Crippen LogP contribution in [0, 0.1) is 17.3 Å². The van der Waals surface area contributed by atoms with Crippen LogP contribution in [0.1, 0.15) is 27.7 Å². The highest BCUT2D eigenvalue weighted by atomic mass is 16.5. The number of allylic oxidation sites excluding steroid dienone is 2. The summed E-state index contributed by atoms with van der Waals surface area (Å²) in [6.07, 6.45) is 2.28. The monoisotopic (exact) mass is 182 g/mol. The van der Waals surface area contributed by atoms with Crippen LogP contribution in [-0.4, -0.2) is 13.1 Å². The van der Waals surface area contributed by atoms with Crippen LogP contribution in [0.3, 0.4) is 0 Å². The van der Waals surface area contributed by atoms with Crippen molar-refractivity contribution in [2.75, 3.05) is 6.61 Å². The van der Waals surface area contributed by atoms with Crippen molar-refractivity contribution in [2.24, 2.45) is 17.3 Å². The molecule has 0 heterocycles. The van der Waals surface area contributed by atoms with Crippen LogP contribution in [0.4, 0.5) is 0 Å². The highest BCUT2D eigenvalue weighted by Gasteiger charge is 2.56. The van der Waals surface area contributed by atoms with Crippen LogP contribution >= 0.6 is 0 Å². The Morgan fingerprint density at radius 1 is 1.46 bits per heavy atom. The van der Waals surface area contributed by atoms with Crippen LogP contribution in [0.2, 0.25) is 0 Å². The van der Waals surface area contributed by atoms with Gasteiger partial charge in [-0.15, -0.1) is 0 Å². The molecule has 0 aliphatic heterocycles. The lowest BCUT2D eigenvalue weighted by atomic mass is 10.1. The van der Waals surface area contributed by atoms with E-state index in [9.17, 15) is 4.79 Å². The van der Waals surface area contributed by atoms with Gasteiger partial charge in [0.25, 0.3) is 6.47 Å². The smallest absolute Gasteiger partial charge is 0.293 e. The Labute approximate surface area is 80.0 Å². The van der Waals surface area contributed by atoms with Crippen molar-refractivity contribution in [3.05, 3.63) is 11.6 Å². The van der Waals surface area contributed by atoms with E-state index < -0.39 is 0 Å². The van der Waals surface area contributed by atoms with Gasteiger partial charge in [-0.05, 0) is 25.2 Å². The molecule has 1 aliphatic carbocycles. The SMILES string of the molecule is CC(C)=C[C@H]1[C@@H](COC=O)C1(C)C. The van der Waals surface area contributed by atoms with Gasteiger partial charge in [-0.3, -0.25) is 4.79 Å². The molecule has 0 aromatic carbocycles. The number of ether oxygens (including phenoxy) is 1. The molecule has 2 nitrogen and oxygen atoms in total. The summed E-state index contributed by atoms with van der Waals surface area (Å²) in [4.78, 5) is 10.0. The van der Waals surface area contributed by atoms with Gasteiger partial charge < -0.3 is 4.74 Å². The third-order valence-corrected chi connectivity index (χ3v) is 3.00. The summed E-state index contributed by atoms with van der Waals surface area (Å²) in [6, 6.07) is 0. The second-order valence-electron chi connectivity index (χ2n) is 4.63. The summed E-state index contributed by atoms with van der Waals surface area (Å²) in [5, 5.41) is 0. The van der Waals surface area contributed by atoms with Crippen LogP contribution in [-0.2, 0) is 9.53 Å². The van der Waals surface area contributed by atoms with Gasteiger partial charge in [-0.2, -0.15) is 0 Å². The minimum Gasteiger partial charge on any atom is -0.468 e. The van der Waals surface area contributed by atoms with Crippen molar-refractivity contribution in [3.63, 3.8) is 0 Å². The number of carbonyl (C=O) groups is 1. The normalized spacial score (nSPS) is 29.2. The molecule has 0 amide bonds. The first-order valence-corrected chi connectivity index (χ1v) is 4.70. The zero-order chi connectivity index (χ0) is 10.1. The summed E-state index contributed by atoms with van der Waals surface area (Å²) in [5.74, 6) is 1.09. The maximum Gasteiger partial charge on any atom is 0.293 e. The van der Waals surface area contributed by atoms with Gasteiger partial charge in [0.05, 0.1) is 6.61 Å². The molecule has 1 aliphatic rings. The van der Waals surface area contributed by atoms with Crippen molar-refractivity contribution >= 4 is 6.47 Å². The molecule has 0 spiro atoms. The molecular weight excluding hydrogens is 164 g/mol. The van der Waals surface area contributed by atoms with Gasteiger partial charge in [-0.1, -0.05) is 25.5 Å². The van der Waals surface area contributed by atoms with Crippen molar-refractivity contribution < 1.29 is 9.53 Å². The quantitative estimate of drug-likeness (QED) is 0.493. The third kappa shape index (κ3) is 2.11. The largest absolute Gasteiger partial charge is 0.468 e. The molecule has 0 N–H and O–H groups in total. The van der Waals surface area contributed by atoms with Gasteiger partial charge >= 0.3 is 0 Å². The fourth-order valence-electron chi connectivity index (χ4n) is 1.94. The Balaban J connectivity index is 2.50. The molecule has 0 radical (unpaired) electrons.